The molecular weight excluding hydrogens is 217 g/mol. The molecule has 0 heterocycles. The Morgan fingerprint density at radius 2 is 1.82 bits per heavy atom. The zero-order valence-corrected chi connectivity index (χ0v) is 11.1. The number of esters is 1. The molecule has 0 aliphatic carbocycles. The van der Waals surface area contributed by atoms with Gasteiger partial charge in [-0.05, 0) is 20.8 Å². The Kier molecular flexibility index (Phi) is 11.2. The van der Waals surface area contributed by atoms with Gasteiger partial charge in [0.2, 0.25) is 0 Å². The molecule has 4 heteroatoms. The summed E-state index contributed by atoms with van der Waals surface area (Å²) >= 11 is 0. The number of hydrogen-bond acceptors (Lipinski definition) is 2. The molecule has 0 N–H and O–H groups in total. The Bertz CT molecular complexity index is 109. The Morgan fingerprint density at radius 1 is 1.45 bits per heavy atom. The molecule has 0 radical (unpaired) electrons. The van der Waals surface area contributed by atoms with E-state index in [0.717, 1.165) is 0 Å². The van der Waals surface area contributed by atoms with Crippen molar-refractivity contribution >= 4 is 18.4 Å². The maximum Gasteiger partial charge on any atom is 0.275 e. The monoisotopic (exact) mass is 229 g/mol. The molecule has 64 valence electrons. The minimum absolute atomic E-state index is 0. The molecule has 0 aromatic carbocycles. The molecule has 11 heavy (non-hydrogen) atoms. The van der Waals surface area contributed by atoms with Crippen LogP contribution in [0.15, 0.2) is 0 Å². The first-order chi connectivity index (χ1) is 3.95. The predicted molar refractivity (Wildman–Crippen MR) is 43.1 cm³/mol. The molecule has 0 aliphatic heterocycles. The summed E-state index contributed by atoms with van der Waals surface area (Å²) in [5.74, 6) is -0.248. The van der Waals surface area contributed by atoms with Gasteiger partial charge in [-0.1, -0.05) is 6.42 Å². The molecule has 0 bridgehead atoms. The van der Waals surface area contributed by atoms with E-state index in [9.17, 15) is 4.79 Å². The van der Waals surface area contributed by atoms with Crippen LogP contribution in [0.25, 0.3) is 0 Å². The van der Waals surface area contributed by atoms with Gasteiger partial charge in [0.05, 0.1) is 0 Å². The van der Waals surface area contributed by atoms with Crippen LogP contribution in [0.2, 0.25) is 0 Å². The molecule has 2 nitrogen and oxygen atoms in total. The molecule has 0 aliphatic rings. The fraction of sp³-hybridized carbons (Fsp3) is 0.714. The van der Waals surface area contributed by atoms with Gasteiger partial charge >= 0.3 is 0 Å². The summed E-state index contributed by atoms with van der Waals surface area (Å²) in [6, 6.07) is 0. The van der Waals surface area contributed by atoms with E-state index in [1.165, 1.54) is 0 Å². The maximum atomic E-state index is 10.5. The maximum absolute atomic E-state index is 10.5. The van der Waals surface area contributed by atoms with Crippen molar-refractivity contribution in [2.24, 2.45) is 0 Å². The van der Waals surface area contributed by atoms with Crippen molar-refractivity contribution < 1.29 is 29.0 Å². The van der Waals surface area contributed by atoms with E-state index >= 15 is 0 Å². The third-order valence-electron chi connectivity index (χ3n) is 0.624. The number of carbonyl (C=O) groups is 1. The minimum Gasteiger partial charge on any atom is -0.462 e. The summed E-state index contributed by atoms with van der Waals surface area (Å²) in [6.45, 7) is 8.90. The normalized spacial score (nSPS) is 9.09. The van der Waals surface area contributed by atoms with Crippen LogP contribution in [-0.4, -0.2) is 11.6 Å². The van der Waals surface area contributed by atoms with Crippen LogP contribution in [0.3, 0.4) is 0 Å². The first-order valence-electron chi connectivity index (χ1n) is 2.97. The second kappa shape index (κ2) is 7.06. The van der Waals surface area contributed by atoms with Crippen LogP contribution >= 0.6 is 12.4 Å². The summed E-state index contributed by atoms with van der Waals surface area (Å²) < 4.78 is 4.89. The number of hydrogen-bond donors (Lipinski definition) is 0. The SMILES string of the molecule is Cl.[CH2-]CC(=O)OC(C)(C)C.[Zn]. The van der Waals surface area contributed by atoms with E-state index in [4.69, 9.17) is 4.74 Å². The summed E-state index contributed by atoms with van der Waals surface area (Å²) in [4.78, 5) is 10.5. The van der Waals surface area contributed by atoms with E-state index in [-0.39, 0.29) is 49.9 Å². The van der Waals surface area contributed by atoms with Gasteiger partial charge in [-0.2, -0.15) is 0 Å². The van der Waals surface area contributed by atoms with Gasteiger partial charge in [-0.15, -0.1) is 12.4 Å². The second-order valence-corrected chi connectivity index (χ2v) is 2.84. The van der Waals surface area contributed by atoms with Crippen LogP contribution in [0, 0.1) is 6.92 Å². The number of halogens is 1. The molecule has 0 saturated carbocycles. The van der Waals surface area contributed by atoms with Gasteiger partial charge < -0.3 is 11.7 Å². The van der Waals surface area contributed by atoms with E-state index in [1.807, 2.05) is 20.8 Å². The van der Waals surface area contributed by atoms with Crippen LogP contribution in [0.5, 0.6) is 0 Å². The molecule has 0 aromatic rings. The second-order valence-electron chi connectivity index (χ2n) is 2.84. The Hall–Kier alpha value is 0.383. The number of carbonyl (C=O) groups excluding carboxylic acids is 1. The standard InChI is InChI=1S/C7H13O2.ClH.Zn/c1-5-6(8)9-7(2,3)4;;/h1,5H2,2-4H3;1H;/q-1;;. The Balaban J connectivity index is -0.000000320. The average molecular weight is 231 g/mol. The molecular formula is C7H14ClO2Zn-. The van der Waals surface area contributed by atoms with Gasteiger partial charge in [0.15, 0.2) is 0 Å². The zero-order valence-electron chi connectivity index (χ0n) is 7.35. The molecule has 0 atom stereocenters. The quantitative estimate of drug-likeness (QED) is 0.391. The van der Waals surface area contributed by atoms with E-state index < -0.39 is 0 Å². The van der Waals surface area contributed by atoms with Crippen molar-refractivity contribution in [1.82, 2.24) is 0 Å². The fourth-order valence-corrected chi connectivity index (χ4v) is 0.393. The van der Waals surface area contributed by atoms with Crippen molar-refractivity contribution in [3.05, 3.63) is 6.92 Å². The van der Waals surface area contributed by atoms with Crippen molar-refractivity contribution in [3.63, 3.8) is 0 Å². The summed E-state index contributed by atoms with van der Waals surface area (Å²) in [5.41, 5.74) is -0.366. The van der Waals surface area contributed by atoms with E-state index in [1.54, 1.807) is 0 Å². The third-order valence-corrected chi connectivity index (χ3v) is 0.624. The van der Waals surface area contributed by atoms with Crippen molar-refractivity contribution in [3.8, 4) is 0 Å². The van der Waals surface area contributed by atoms with Crippen LogP contribution in [-0.2, 0) is 29.0 Å². The molecule has 0 unspecified atom stereocenters. The summed E-state index contributed by atoms with van der Waals surface area (Å²) in [6.07, 6.45) is 0.206. The minimum atomic E-state index is -0.366. The van der Waals surface area contributed by atoms with Crippen molar-refractivity contribution in [1.29, 1.82) is 0 Å². The first kappa shape index (κ1) is 17.5. The van der Waals surface area contributed by atoms with Gasteiger partial charge in [0.1, 0.15) is 5.60 Å². The smallest absolute Gasteiger partial charge is 0.275 e. The van der Waals surface area contributed by atoms with Gasteiger partial charge in [-0.3, -0.25) is 4.79 Å². The average Bonchev–Trinajstić information content (AvgIpc) is 1.62. The molecule has 0 spiro atoms. The van der Waals surface area contributed by atoms with Crippen LogP contribution in [0.1, 0.15) is 27.2 Å². The van der Waals surface area contributed by atoms with E-state index in [2.05, 4.69) is 6.92 Å². The third kappa shape index (κ3) is 13.4. The van der Waals surface area contributed by atoms with E-state index in [0.29, 0.717) is 0 Å². The molecule has 0 rings (SSSR count). The van der Waals surface area contributed by atoms with Crippen LogP contribution < -0.4 is 0 Å². The predicted octanol–water partition coefficient (Wildman–Crippen LogP) is 1.97. The first-order valence-corrected chi connectivity index (χ1v) is 2.97. The van der Waals surface area contributed by atoms with Gasteiger partial charge in [0, 0.05) is 19.5 Å². The number of rotatable bonds is 1. The van der Waals surface area contributed by atoms with Gasteiger partial charge in [-0.25, -0.2) is 0 Å². The molecule has 0 fully saturated rings. The Labute approximate surface area is 87.2 Å². The van der Waals surface area contributed by atoms with Crippen molar-refractivity contribution in [2.75, 3.05) is 0 Å². The molecule has 0 amide bonds. The Morgan fingerprint density at radius 3 is 1.91 bits per heavy atom. The van der Waals surface area contributed by atoms with Gasteiger partial charge in [0.25, 0.3) is 5.97 Å². The topological polar surface area (TPSA) is 26.3 Å². The molecule has 0 saturated heterocycles. The number of ether oxygens (including phenoxy) is 1. The largest absolute Gasteiger partial charge is 0.462 e. The summed E-state index contributed by atoms with van der Waals surface area (Å²) in [5, 5.41) is 0. The summed E-state index contributed by atoms with van der Waals surface area (Å²) in [7, 11) is 0. The molecule has 0 aromatic heterocycles. The van der Waals surface area contributed by atoms with Crippen molar-refractivity contribution in [2.45, 2.75) is 32.8 Å². The van der Waals surface area contributed by atoms with Crippen LogP contribution in [0.4, 0.5) is 0 Å². The fourth-order valence-electron chi connectivity index (χ4n) is 0.393. The zero-order chi connectivity index (χ0) is 7.49.